The van der Waals surface area contributed by atoms with Gasteiger partial charge in [0.2, 0.25) is 0 Å². The first kappa shape index (κ1) is 14.9. The van der Waals surface area contributed by atoms with Crippen LogP contribution in [0, 0.1) is 13.8 Å². The van der Waals surface area contributed by atoms with Crippen molar-refractivity contribution in [3.8, 4) is 11.5 Å². The topological polar surface area (TPSA) is 26.3 Å². The Morgan fingerprint density at radius 3 is 2.50 bits per heavy atom. The van der Waals surface area contributed by atoms with Gasteiger partial charge < -0.3 is 4.74 Å². The van der Waals surface area contributed by atoms with Crippen LogP contribution in [0.1, 0.15) is 11.1 Å². The van der Waals surface area contributed by atoms with Crippen LogP contribution in [-0.4, -0.2) is 0 Å². The fourth-order valence-electron chi connectivity index (χ4n) is 2.79. The zero-order valence-electron chi connectivity index (χ0n) is 13.5. The Hall–Kier alpha value is -2.65. The predicted octanol–water partition coefficient (Wildman–Crippen LogP) is 5.82. The van der Waals surface area contributed by atoms with Crippen molar-refractivity contribution in [1.29, 1.82) is 0 Å². The Labute approximate surface area is 144 Å². The number of hydrogen-bond acceptors (Lipinski definition) is 3. The molecule has 2 nitrogen and oxygen atoms in total. The number of benzene rings is 3. The Morgan fingerprint density at radius 2 is 1.62 bits per heavy atom. The highest BCUT2D eigenvalue weighted by Crippen LogP contribution is 2.30. The second-order valence-electron chi connectivity index (χ2n) is 5.96. The molecule has 0 spiro atoms. The van der Waals surface area contributed by atoms with Gasteiger partial charge in [0.1, 0.15) is 11.5 Å². The average molecular weight is 332 g/mol. The number of hydrogen-bond donors (Lipinski definition) is 0. The van der Waals surface area contributed by atoms with E-state index in [2.05, 4.69) is 6.07 Å². The van der Waals surface area contributed by atoms with Crippen molar-refractivity contribution in [3.05, 3.63) is 82.0 Å². The van der Waals surface area contributed by atoms with Crippen LogP contribution in [0.3, 0.4) is 0 Å². The van der Waals surface area contributed by atoms with E-state index >= 15 is 0 Å². The molecule has 4 aromatic rings. The minimum atomic E-state index is 0.0609. The maximum Gasteiger partial charge on any atom is 0.196 e. The number of rotatable bonds is 2. The third kappa shape index (κ3) is 2.57. The highest BCUT2D eigenvalue weighted by atomic mass is 32.1. The third-order valence-electron chi connectivity index (χ3n) is 4.12. The molecule has 0 unspecified atom stereocenters. The second kappa shape index (κ2) is 5.77. The molecule has 1 heterocycles. The highest BCUT2D eigenvalue weighted by Gasteiger charge is 2.08. The normalized spacial score (nSPS) is 11.1. The summed E-state index contributed by atoms with van der Waals surface area (Å²) in [4.78, 5) is 12.8. The molecule has 4 rings (SSSR count). The SMILES string of the molecule is Cc1ccc(C)c(Oc2ccc3sc4ccccc4c(=O)c3c2)c1. The fraction of sp³-hybridized carbons (Fsp3) is 0.0952. The van der Waals surface area contributed by atoms with E-state index in [1.807, 2.05) is 68.4 Å². The minimum Gasteiger partial charge on any atom is -0.457 e. The van der Waals surface area contributed by atoms with Gasteiger partial charge >= 0.3 is 0 Å². The maximum atomic E-state index is 12.8. The van der Waals surface area contributed by atoms with Crippen molar-refractivity contribution in [2.75, 3.05) is 0 Å². The van der Waals surface area contributed by atoms with Gasteiger partial charge in [-0.05, 0) is 61.4 Å². The molecule has 0 aliphatic heterocycles. The molecule has 0 saturated heterocycles. The predicted molar refractivity (Wildman–Crippen MR) is 102 cm³/mol. The summed E-state index contributed by atoms with van der Waals surface area (Å²) < 4.78 is 8.02. The zero-order valence-corrected chi connectivity index (χ0v) is 14.3. The lowest BCUT2D eigenvalue weighted by Crippen LogP contribution is -2.01. The minimum absolute atomic E-state index is 0.0609. The van der Waals surface area contributed by atoms with E-state index in [-0.39, 0.29) is 5.43 Å². The van der Waals surface area contributed by atoms with E-state index < -0.39 is 0 Å². The summed E-state index contributed by atoms with van der Waals surface area (Å²) >= 11 is 1.63. The summed E-state index contributed by atoms with van der Waals surface area (Å²) in [6.45, 7) is 4.06. The highest BCUT2D eigenvalue weighted by molar-refractivity contribution is 7.24. The molecule has 1 aromatic heterocycles. The van der Waals surface area contributed by atoms with Crippen LogP contribution in [0.2, 0.25) is 0 Å². The molecule has 0 atom stereocenters. The largest absolute Gasteiger partial charge is 0.457 e. The van der Waals surface area contributed by atoms with Crippen LogP contribution in [0.25, 0.3) is 20.2 Å². The van der Waals surface area contributed by atoms with Gasteiger partial charge in [-0.2, -0.15) is 0 Å². The van der Waals surface area contributed by atoms with E-state index in [4.69, 9.17) is 4.74 Å². The zero-order chi connectivity index (χ0) is 16.7. The maximum absolute atomic E-state index is 12.8. The standard InChI is InChI=1S/C21H16O2S/c1-13-7-8-14(2)18(11-13)23-15-9-10-20-17(12-15)21(22)16-5-3-4-6-19(16)24-20/h3-12H,1-2H3. The van der Waals surface area contributed by atoms with Gasteiger partial charge in [0.05, 0.1) is 0 Å². The molecule has 0 fully saturated rings. The lowest BCUT2D eigenvalue weighted by molar-refractivity contribution is 0.479. The second-order valence-corrected chi connectivity index (χ2v) is 7.04. The summed E-state index contributed by atoms with van der Waals surface area (Å²) in [5, 5.41) is 1.47. The van der Waals surface area contributed by atoms with Crippen LogP contribution in [0.15, 0.2) is 65.5 Å². The molecule has 0 saturated carbocycles. The first-order valence-corrected chi connectivity index (χ1v) is 8.64. The van der Waals surface area contributed by atoms with Crippen molar-refractivity contribution in [1.82, 2.24) is 0 Å². The Kier molecular flexibility index (Phi) is 3.58. The molecule has 0 amide bonds. The van der Waals surface area contributed by atoms with Crippen LogP contribution in [0.5, 0.6) is 11.5 Å². The monoisotopic (exact) mass is 332 g/mol. The van der Waals surface area contributed by atoms with Gasteiger partial charge in [-0.3, -0.25) is 4.79 Å². The summed E-state index contributed by atoms with van der Waals surface area (Å²) in [6, 6.07) is 19.6. The molecule has 0 aliphatic carbocycles. The Balaban J connectivity index is 1.86. The first-order valence-electron chi connectivity index (χ1n) is 7.82. The van der Waals surface area contributed by atoms with E-state index in [1.54, 1.807) is 11.3 Å². The summed E-state index contributed by atoms with van der Waals surface area (Å²) in [5.41, 5.74) is 2.28. The molecule has 0 radical (unpaired) electrons. The number of aryl methyl sites for hydroxylation is 2. The third-order valence-corrected chi connectivity index (χ3v) is 5.27. The van der Waals surface area contributed by atoms with Crippen molar-refractivity contribution in [3.63, 3.8) is 0 Å². The van der Waals surface area contributed by atoms with E-state index in [0.717, 1.165) is 31.7 Å². The van der Waals surface area contributed by atoms with Crippen LogP contribution >= 0.6 is 11.3 Å². The Bertz CT molecular complexity index is 1130. The molecule has 24 heavy (non-hydrogen) atoms. The quantitative estimate of drug-likeness (QED) is 0.432. The van der Waals surface area contributed by atoms with Gasteiger partial charge in [0, 0.05) is 20.2 Å². The molecule has 0 N–H and O–H groups in total. The summed E-state index contributed by atoms with van der Waals surface area (Å²) in [7, 11) is 0. The van der Waals surface area contributed by atoms with Crippen LogP contribution in [-0.2, 0) is 0 Å². The molecule has 3 aromatic carbocycles. The molecular formula is C21H16O2S. The number of fused-ring (bicyclic) bond motifs is 2. The van der Waals surface area contributed by atoms with E-state index in [1.165, 1.54) is 0 Å². The average Bonchev–Trinajstić information content (AvgIpc) is 2.59. The lowest BCUT2D eigenvalue weighted by Gasteiger charge is -2.10. The molecule has 118 valence electrons. The smallest absolute Gasteiger partial charge is 0.196 e. The van der Waals surface area contributed by atoms with Crippen LogP contribution < -0.4 is 10.2 Å². The lowest BCUT2D eigenvalue weighted by atomic mass is 10.1. The van der Waals surface area contributed by atoms with Gasteiger partial charge in [0.25, 0.3) is 0 Å². The van der Waals surface area contributed by atoms with E-state index in [9.17, 15) is 4.79 Å². The van der Waals surface area contributed by atoms with Gasteiger partial charge in [0.15, 0.2) is 5.43 Å². The van der Waals surface area contributed by atoms with Gasteiger partial charge in [-0.25, -0.2) is 0 Å². The molecular weight excluding hydrogens is 316 g/mol. The van der Waals surface area contributed by atoms with Crippen molar-refractivity contribution >= 4 is 31.5 Å². The first-order chi connectivity index (χ1) is 11.6. The van der Waals surface area contributed by atoms with Gasteiger partial charge in [-0.15, -0.1) is 11.3 Å². The fourth-order valence-corrected chi connectivity index (χ4v) is 3.84. The Morgan fingerprint density at radius 1 is 0.833 bits per heavy atom. The molecule has 3 heteroatoms. The number of ether oxygens (including phenoxy) is 1. The van der Waals surface area contributed by atoms with Crippen molar-refractivity contribution < 1.29 is 4.74 Å². The molecule has 0 aliphatic rings. The molecule has 0 bridgehead atoms. The summed E-state index contributed by atoms with van der Waals surface area (Å²) in [6.07, 6.45) is 0. The van der Waals surface area contributed by atoms with Crippen molar-refractivity contribution in [2.45, 2.75) is 13.8 Å². The van der Waals surface area contributed by atoms with E-state index in [0.29, 0.717) is 11.1 Å². The summed E-state index contributed by atoms with van der Waals surface area (Å²) in [5.74, 6) is 1.52. The van der Waals surface area contributed by atoms with Gasteiger partial charge in [-0.1, -0.05) is 24.3 Å². The van der Waals surface area contributed by atoms with Crippen molar-refractivity contribution in [2.24, 2.45) is 0 Å². The van der Waals surface area contributed by atoms with Crippen LogP contribution in [0.4, 0.5) is 0 Å².